The number of hydrogen-bond donors (Lipinski definition) is 1. The van der Waals surface area contributed by atoms with Crippen LogP contribution in [0.5, 0.6) is 0 Å². The zero-order valence-corrected chi connectivity index (χ0v) is 11.7. The monoisotopic (exact) mass is 269 g/mol. The molecule has 1 aliphatic carbocycles. The third-order valence-corrected chi connectivity index (χ3v) is 4.11. The van der Waals surface area contributed by atoms with E-state index in [4.69, 9.17) is 5.11 Å². The highest BCUT2D eigenvalue weighted by atomic mass is 16.4. The molecule has 2 atom stereocenters. The van der Waals surface area contributed by atoms with Gasteiger partial charge in [0.25, 0.3) is 0 Å². The Kier molecular flexibility index (Phi) is 4.29. The fraction of sp³-hybridized carbons (Fsp3) is 0.846. The van der Waals surface area contributed by atoms with E-state index in [0.29, 0.717) is 32.1 Å². The number of carboxylic acids is 1. The smallest absolute Gasteiger partial charge is 0.319 e. The van der Waals surface area contributed by atoms with Crippen molar-refractivity contribution in [2.75, 3.05) is 46.3 Å². The molecule has 0 bridgehead atoms. The molecule has 0 spiro atoms. The maximum absolute atomic E-state index is 12.2. The normalized spacial score (nSPS) is 27.2. The number of carbonyl (C=O) groups is 2. The minimum Gasteiger partial charge on any atom is -0.480 e. The molecule has 1 aliphatic heterocycles. The Bertz CT molecular complexity index is 353. The van der Waals surface area contributed by atoms with Crippen LogP contribution in [0.15, 0.2) is 0 Å². The van der Waals surface area contributed by atoms with Crippen LogP contribution in [0, 0.1) is 11.8 Å². The fourth-order valence-corrected chi connectivity index (χ4v) is 2.61. The number of aliphatic carboxylic acids is 1. The number of rotatable bonds is 4. The first kappa shape index (κ1) is 14.1. The Morgan fingerprint density at radius 2 is 1.84 bits per heavy atom. The molecule has 2 amide bonds. The largest absolute Gasteiger partial charge is 0.480 e. The summed E-state index contributed by atoms with van der Waals surface area (Å²) in [5, 5.41) is 8.73. The van der Waals surface area contributed by atoms with Crippen LogP contribution in [0.1, 0.15) is 13.3 Å². The summed E-state index contributed by atoms with van der Waals surface area (Å²) in [6, 6.07) is 0.0778. The summed E-state index contributed by atoms with van der Waals surface area (Å²) in [7, 11) is 1.86. The number of carboxylic acid groups (broad SMARTS) is 1. The molecule has 1 N–H and O–H groups in total. The summed E-state index contributed by atoms with van der Waals surface area (Å²) in [4.78, 5) is 28.3. The van der Waals surface area contributed by atoms with Crippen molar-refractivity contribution in [2.45, 2.75) is 13.3 Å². The number of amides is 2. The van der Waals surface area contributed by atoms with Crippen molar-refractivity contribution in [1.29, 1.82) is 0 Å². The van der Waals surface area contributed by atoms with Crippen LogP contribution in [-0.4, -0.2) is 78.1 Å². The molecule has 6 nitrogen and oxygen atoms in total. The molecule has 108 valence electrons. The van der Waals surface area contributed by atoms with Crippen LogP contribution in [-0.2, 0) is 4.79 Å². The van der Waals surface area contributed by atoms with Crippen molar-refractivity contribution >= 4 is 12.0 Å². The lowest BCUT2D eigenvalue weighted by Crippen LogP contribution is -2.53. The predicted octanol–water partition coefficient (Wildman–Crippen LogP) is 0.396. The van der Waals surface area contributed by atoms with Gasteiger partial charge in [-0.05, 0) is 18.3 Å². The molecule has 0 aromatic carbocycles. The summed E-state index contributed by atoms with van der Waals surface area (Å²) in [6.07, 6.45) is 1.23. The van der Waals surface area contributed by atoms with Gasteiger partial charge in [-0.2, -0.15) is 0 Å². The molecule has 0 aromatic rings. The molecule has 2 rings (SSSR count). The lowest BCUT2D eigenvalue weighted by molar-refractivity contribution is -0.138. The van der Waals surface area contributed by atoms with Gasteiger partial charge in [0.2, 0.25) is 0 Å². The van der Waals surface area contributed by atoms with Crippen LogP contribution in [0.25, 0.3) is 0 Å². The van der Waals surface area contributed by atoms with Gasteiger partial charge < -0.3 is 14.9 Å². The fourth-order valence-electron chi connectivity index (χ4n) is 2.61. The molecule has 6 heteroatoms. The van der Waals surface area contributed by atoms with Crippen LogP contribution in [0.2, 0.25) is 0 Å². The molecule has 0 aromatic heterocycles. The number of carbonyl (C=O) groups excluding carboxylic acids is 1. The number of hydrogen-bond acceptors (Lipinski definition) is 3. The van der Waals surface area contributed by atoms with E-state index in [0.717, 1.165) is 12.5 Å². The molecule has 2 unspecified atom stereocenters. The van der Waals surface area contributed by atoms with Crippen LogP contribution in [0.3, 0.4) is 0 Å². The number of piperazine rings is 1. The van der Waals surface area contributed by atoms with Gasteiger partial charge in [0.1, 0.15) is 0 Å². The summed E-state index contributed by atoms with van der Waals surface area (Å²) < 4.78 is 0. The third-order valence-electron chi connectivity index (χ3n) is 4.11. The standard InChI is InChI=1S/C13H23N3O3/c1-10-7-11(10)8-14(2)13(19)16-5-3-15(4-6-16)9-12(17)18/h10-11H,3-9H2,1-2H3,(H,17,18). The van der Waals surface area contributed by atoms with Gasteiger partial charge in [0.15, 0.2) is 0 Å². The molecule has 1 saturated heterocycles. The first-order valence-electron chi connectivity index (χ1n) is 6.91. The zero-order valence-electron chi connectivity index (χ0n) is 11.7. The molecule has 1 saturated carbocycles. The second-order valence-electron chi connectivity index (χ2n) is 5.79. The van der Waals surface area contributed by atoms with E-state index in [1.165, 1.54) is 6.42 Å². The molecular weight excluding hydrogens is 246 g/mol. The van der Waals surface area contributed by atoms with E-state index < -0.39 is 5.97 Å². The molecule has 0 radical (unpaired) electrons. The molecule has 19 heavy (non-hydrogen) atoms. The highest BCUT2D eigenvalue weighted by molar-refractivity contribution is 5.74. The average Bonchev–Trinajstić information content (AvgIpc) is 3.04. The minimum absolute atomic E-state index is 0.0669. The minimum atomic E-state index is -0.806. The van der Waals surface area contributed by atoms with Gasteiger partial charge in [-0.1, -0.05) is 6.92 Å². The summed E-state index contributed by atoms with van der Waals surface area (Å²) in [5.74, 6) is 0.615. The van der Waals surface area contributed by atoms with E-state index >= 15 is 0 Å². The topological polar surface area (TPSA) is 64.1 Å². The zero-order chi connectivity index (χ0) is 14.0. The van der Waals surface area contributed by atoms with Crippen molar-refractivity contribution in [3.63, 3.8) is 0 Å². The first-order chi connectivity index (χ1) is 8.97. The highest BCUT2D eigenvalue weighted by Crippen LogP contribution is 2.38. The van der Waals surface area contributed by atoms with E-state index in [-0.39, 0.29) is 12.6 Å². The van der Waals surface area contributed by atoms with Gasteiger partial charge in [0, 0.05) is 39.8 Å². The van der Waals surface area contributed by atoms with Crippen molar-refractivity contribution in [2.24, 2.45) is 11.8 Å². The van der Waals surface area contributed by atoms with Gasteiger partial charge >= 0.3 is 12.0 Å². The lowest BCUT2D eigenvalue weighted by Gasteiger charge is -2.36. The summed E-state index contributed by atoms with van der Waals surface area (Å²) in [5.41, 5.74) is 0. The molecule has 1 heterocycles. The quantitative estimate of drug-likeness (QED) is 0.802. The number of nitrogens with zero attached hydrogens (tertiary/aromatic N) is 3. The maximum atomic E-state index is 12.2. The summed E-state index contributed by atoms with van der Waals surface area (Å²) >= 11 is 0. The van der Waals surface area contributed by atoms with E-state index in [1.807, 2.05) is 16.8 Å². The maximum Gasteiger partial charge on any atom is 0.319 e. The van der Waals surface area contributed by atoms with Crippen LogP contribution in [0.4, 0.5) is 4.79 Å². The van der Waals surface area contributed by atoms with Gasteiger partial charge in [0.05, 0.1) is 6.54 Å². The second kappa shape index (κ2) is 5.77. The third kappa shape index (κ3) is 3.83. The Morgan fingerprint density at radius 1 is 1.26 bits per heavy atom. The summed E-state index contributed by atoms with van der Waals surface area (Å²) in [6.45, 7) is 5.66. The Labute approximate surface area is 114 Å². The Morgan fingerprint density at radius 3 is 2.32 bits per heavy atom. The second-order valence-corrected chi connectivity index (χ2v) is 5.79. The van der Waals surface area contributed by atoms with Gasteiger partial charge in [-0.15, -0.1) is 0 Å². The highest BCUT2D eigenvalue weighted by Gasteiger charge is 2.35. The Balaban J connectivity index is 1.73. The van der Waals surface area contributed by atoms with Crippen molar-refractivity contribution < 1.29 is 14.7 Å². The molecule has 2 fully saturated rings. The van der Waals surface area contributed by atoms with Crippen LogP contribution < -0.4 is 0 Å². The van der Waals surface area contributed by atoms with Crippen molar-refractivity contribution in [3.05, 3.63) is 0 Å². The van der Waals surface area contributed by atoms with Crippen LogP contribution >= 0.6 is 0 Å². The molecular formula is C13H23N3O3. The van der Waals surface area contributed by atoms with E-state index in [9.17, 15) is 9.59 Å². The number of urea groups is 1. The molecule has 2 aliphatic rings. The SMILES string of the molecule is CC1CC1CN(C)C(=O)N1CCN(CC(=O)O)CC1. The van der Waals surface area contributed by atoms with Crippen molar-refractivity contribution in [3.8, 4) is 0 Å². The first-order valence-corrected chi connectivity index (χ1v) is 6.91. The van der Waals surface area contributed by atoms with Gasteiger partial charge in [-0.25, -0.2) is 4.79 Å². The van der Waals surface area contributed by atoms with Gasteiger partial charge in [-0.3, -0.25) is 9.69 Å². The average molecular weight is 269 g/mol. The predicted molar refractivity (Wildman–Crippen MR) is 70.9 cm³/mol. The lowest BCUT2D eigenvalue weighted by atomic mass is 10.3. The Hall–Kier alpha value is -1.30. The van der Waals surface area contributed by atoms with Crippen molar-refractivity contribution in [1.82, 2.24) is 14.7 Å². The van der Waals surface area contributed by atoms with E-state index in [2.05, 4.69) is 6.92 Å². The van der Waals surface area contributed by atoms with E-state index in [1.54, 1.807) is 4.90 Å².